The summed E-state index contributed by atoms with van der Waals surface area (Å²) in [6, 6.07) is 3.02. The van der Waals surface area contributed by atoms with Crippen molar-refractivity contribution in [1.29, 1.82) is 0 Å². The first-order chi connectivity index (χ1) is 13.1. The molecule has 12 heteroatoms. The molecular weight excluding hydrogens is 360 g/mol. The number of nitrogens with one attached hydrogen (secondary N) is 1. The van der Waals surface area contributed by atoms with E-state index in [0.717, 1.165) is 12.1 Å². The van der Waals surface area contributed by atoms with Crippen LogP contribution in [0.1, 0.15) is 5.56 Å². The van der Waals surface area contributed by atoms with Crippen molar-refractivity contribution >= 4 is 0 Å². The Hall–Kier alpha value is -3.54. The molecule has 0 aliphatic heterocycles. The molecule has 1 aromatic carbocycles. The molecule has 0 bridgehead atoms. The number of rotatable bonds is 5. The predicted octanol–water partition coefficient (Wildman–Crippen LogP) is 0.540. The number of halogens is 2. The standard InChI is InChI=1S/C13H12F2N6O.C2H3N3/c14-10-1-2-11(12(15)3-10)13(22,4-20-8-16-6-18-20)5-21-9-17-7-19-21;1-2-4-5-3-1/h1-3,6-9,22H,4-5H2;1-2H,(H,3,4,5). The average molecular weight is 375 g/mol. The Morgan fingerprint density at radius 2 is 1.70 bits per heavy atom. The number of benzene rings is 1. The van der Waals surface area contributed by atoms with Gasteiger partial charge in [0.1, 0.15) is 42.5 Å². The highest BCUT2D eigenvalue weighted by molar-refractivity contribution is 5.25. The molecule has 3 aromatic heterocycles. The van der Waals surface area contributed by atoms with Crippen LogP contribution in [0, 0.1) is 11.6 Å². The van der Waals surface area contributed by atoms with Gasteiger partial charge in [-0.1, -0.05) is 11.3 Å². The monoisotopic (exact) mass is 375 g/mol. The predicted molar refractivity (Wildman–Crippen MR) is 86.7 cm³/mol. The quantitative estimate of drug-likeness (QED) is 0.522. The highest BCUT2D eigenvalue weighted by atomic mass is 19.1. The molecule has 140 valence electrons. The molecule has 10 nitrogen and oxygen atoms in total. The van der Waals surface area contributed by atoms with Gasteiger partial charge in [-0.25, -0.2) is 28.1 Å². The molecule has 0 amide bonds. The van der Waals surface area contributed by atoms with E-state index in [2.05, 4.69) is 35.6 Å². The minimum atomic E-state index is -1.70. The summed E-state index contributed by atoms with van der Waals surface area (Å²) in [6.07, 6.45) is 8.63. The lowest BCUT2D eigenvalue weighted by atomic mass is 9.93. The van der Waals surface area contributed by atoms with Gasteiger partial charge in [-0.15, -0.1) is 5.10 Å². The fourth-order valence-electron chi connectivity index (χ4n) is 2.42. The molecule has 4 rings (SSSR count). The second-order valence-electron chi connectivity index (χ2n) is 5.50. The molecule has 0 aliphatic rings. The number of aromatic amines is 1. The molecule has 3 heterocycles. The summed E-state index contributed by atoms with van der Waals surface area (Å²) in [5, 5.41) is 28.0. The molecule has 4 aromatic rings. The van der Waals surface area contributed by atoms with Gasteiger partial charge in [-0.05, 0) is 6.07 Å². The van der Waals surface area contributed by atoms with Gasteiger partial charge < -0.3 is 5.11 Å². The Morgan fingerprint density at radius 1 is 1.04 bits per heavy atom. The fourth-order valence-corrected chi connectivity index (χ4v) is 2.42. The lowest BCUT2D eigenvalue weighted by molar-refractivity contribution is -0.00855. The number of aliphatic hydroxyl groups is 1. The van der Waals surface area contributed by atoms with E-state index in [-0.39, 0.29) is 18.7 Å². The van der Waals surface area contributed by atoms with Crippen LogP contribution in [0.15, 0.2) is 55.9 Å². The maximum atomic E-state index is 14.1. The molecule has 0 saturated heterocycles. The third-order valence-corrected chi connectivity index (χ3v) is 3.54. The summed E-state index contributed by atoms with van der Waals surface area (Å²) in [4.78, 5) is 7.57. The summed E-state index contributed by atoms with van der Waals surface area (Å²) < 4.78 is 29.9. The highest BCUT2D eigenvalue weighted by Gasteiger charge is 2.34. The molecule has 2 N–H and O–H groups in total. The maximum Gasteiger partial charge on any atom is 0.137 e. The molecule has 0 saturated carbocycles. The second kappa shape index (κ2) is 8.23. The molecule has 0 fully saturated rings. The maximum absolute atomic E-state index is 14.1. The van der Waals surface area contributed by atoms with Gasteiger partial charge in [0.15, 0.2) is 0 Å². The molecule has 0 aliphatic carbocycles. The van der Waals surface area contributed by atoms with Gasteiger partial charge in [0, 0.05) is 17.8 Å². The minimum absolute atomic E-state index is 0.0556. The summed E-state index contributed by atoms with van der Waals surface area (Å²) in [6.45, 7) is -0.148. The van der Waals surface area contributed by atoms with Crippen LogP contribution in [0.4, 0.5) is 8.78 Å². The summed E-state index contributed by atoms with van der Waals surface area (Å²) in [7, 11) is 0. The van der Waals surface area contributed by atoms with Gasteiger partial charge in [-0.2, -0.15) is 10.2 Å². The van der Waals surface area contributed by atoms with Crippen molar-refractivity contribution < 1.29 is 13.9 Å². The van der Waals surface area contributed by atoms with Crippen LogP contribution >= 0.6 is 0 Å². The fraction of sp³-hybridized carbons (Fsp3) is 0.200. The largest absolute Gasteiger partial charge is 0.381 e. The molecule has 27 heavy (non-hydrogen) atoms. The Morgan fingerprint density at radius 3 is 2.11 bits per heavy atom. The van der Waals surface area contributed by atoms with E-state index in [0.29, 0.717) is 0 Å². The van der Waals surface area contributed by atoms with Crippen molar-refractivity contribution in [3.05, 3.63) is 73.1 Å². The van der Waals surface area contributed by atoms with Crippen molar-refractivity contribution in [2.24, 2.45) is 0 Å². The van der Waals surface area contributed by atoms with Gasteiger partial charge in [-0.3, -0.25) is 5.10 Å². The topological polar surface area (TPSA) is 123 Å². The van der Waals surface area contributed by atoms with Crippen LogP contribution in [-0.4, -0.2) is 50.0 Å². The summed E-state index contributed by atoms with van der Waals surface area (Å²) in [5.41, 5.74) is -1.75. The van der Waals surface area contributed by atoms with E-state index in [1.165, 1.54) is 40.7 Å². The zero-order valence-corrected chi connectivity index (χ0v) is 13.9. The van der Waals surface area contributed by atoms with Crippen molar-refractivity contribution in [2.75, 3.05) is 0 Å². The van der Waals surface area contributed by atoms with E-state index in [1.54, 1.807) is 12.4 Å². The van der Waals surface area contributed by atoms with Gasteiger partial charge in [0.05, 0.1) is 19.3 Å². The first-order valence-electron chi connectivity index (χ1n) is 7.70. The van der Waals surface area contributed by atoms with Crippen molar-refractivity contribution in [3.8, 4) is 0 Å². The van der Waals surface area contributed by atoms with Crippen LogP contribution in [0.25, 0.3) is 0 Å². The van der Waals surface area contributed by atoms with Gasteiger partial charge in [0.2, 0.25) is 0 Å². The number of hydrogen-bond donors (Lipinski definition) is 2. The normalized spacial score (nSPS) is 11.1. The Bertz CT molecular complexity index is 873. The molecular formula is C15H15F2N9O. The highest BCUT2D eigenvalue weighted by Crippen LogP contribution is 2.28. The van der Waals surface area contributed by atoms with Crippen LogP contribution in [0.5, 0.6) is 0 Å². The Labute approximate surface area is 151 Å². The van der Waals surface area contributed by atoms with Gasteiger partial charge in [0.25, 0.3) is 0 Å². The summed E-state index contributed by atoms with van der Waals surface area (Å²) in [5.74, 6) is -1.56. The summed E-state index contributed by atoms with van der Waals surface area (Å²) >= 11 is 0. The van der Waals surface area contributed by atoms with Crippen LogP contribution in [-0.2, 0) is 18.7 Å². The van der Waals surface area contributed by atoms with E-state index in [1.807, 2.05) is 0 Å². The first kappa shape index (κ1) is 18.3. The third kappa shape index (κ3) is 4.76. The smallest absolute Gasteiger partial charge is 0.137 e. The molecule has 0 spiro atoms. The number of aromatic nitrogens is 9. The average Bonchev–Trinajstić information content (AvgIpc) is 3.40. The van der Waals surface area contributed by atoms with E-state index in [9.17, 15) is 13.9 Å². The van der Waals surface area contributed by atoms with Crippen molar-refractivity contribution in [2.45, 2.75) is 18.7 Å². The van der Waals surface area contributed by atoms with Crippen molar-refractivity contribution in [1.82, 2.24) is 44.9 Å². The lowest BCUT2D eigenvalue weighted by Crippen LogP contribution is -2.37. The van der Waals surface area contributed by atoms with Crippen LogP contribution < -0.4 is 0 Å². The van der Waals surface area contributed by atoms with Crippen LogP contribution in [0.3, 0.4) is 0 Å². The first-order valence-corrected chi connectivity index (χ1v) is 7.70. The zero-order chi connectivity index (χ0) is 19.1. The van der Waals surface area contributed by atoms with E-state index in [4.69, 9.17) is 0 Å². The van der Waals surface area contributed by atoms with Crippen LogP contribution in [0.2, 0.25) is 0 Å². The lowest BCUT2D eigenvalue weighted by Gasteiger charge is -2.28. The zero-order valence-electron chi connectivity index (χ0n) is 13.9. The van der Waals surface area contributed by atoms with E-state index < -0.39 is 17.2 Å². The third-order valence-electron chi connectivity index (χ3n) is 3.54. The van der Waals surface area contributed by atoms with Gasteiger partial charge >= 0.3 is 0 Å². The number of hydrogen-bond acceptors (Lipinski definition) is 7. The Balaban J connectivity index is 0.000000364. The molecule has 0 unspecified atom stereocenters. The molecule has 0 radical (unpaired) electrons. The number of H-pyrrole nitrogens is 1. The van der Waals surface area contributed by atoms with Crippen molar-refractivity contribution in [3.63, 3.8) is 0 Å². The SMILES string of the molecule is OC(Cn1cncn1)(Cn1cncn1)c1ccc(F)cc1F.c1c[nH]nn1. The molecule has 0 atom stereocenters. The second-order valence-corrected chi connectivity index (χ2v) is 5.50. The number of nitrogens with zero attached hydrogens (tertiary/aromatic N) is 8. The van der Waals surface area contributed by atoms with E-state index >= 15 is 0 Å². The Kier molecular flexibility index (Phi) is 5.56. The minimum Gasteiger partial charge on any atom is -0.381 e.